The third-order valence-corrected chi connectivity index (χ3v) is 4.91. The molecule has 0 saturated heterocycles. The van der Waals surface area contributed by atoms with E-state index in [2.05, 4.69) is 20.6 Å². The molecule has 2 aromatic carbocycles. The van der Waals surface area contributed by atoms with Crippen LogP contribution in [0, 0.1) is 13.8 Å². The molecular weight excluding hydrogens is 407 g/mol. The smallest absolute Gasteiger partial charge is 0.324 e. The minimum Gasteiger partial charge on any atom is -0.324 e. The van der Waals surface area contributed by atoms with Crippen molar-refractivity contribution in [3.05, 3.63) is 77.6 Å². The van der Waals surface area contributed by atoms with Crippen LogP contribution in [0.15, 0.2) is 60.8 Å². The Hall–Kier alpha value is -3.11. The van der Waals surface area contributed by atoms with Crippen LogP contribution in [0.5, 0.6) is 0 Å². The van der Waals surface area contributed by atoms with E-state index in [1.54, 1.807) is 25.0 Å². The number of anilines is 3. The van der Waals surface area contributed by atoms with Crippen molar-refractivity contribution in [2.75, 3.05) is 23.5 Å². The number of carbonyl (C=O) groups is 1. The molecule has 0 aliphatic carbocycles. The van der Waals surface area contributed by atoms with E-state index in [4.69, 9.17) is 0 Å². The van der Waals surface area contributed by atoms with Gasteiger partial charge in [-0.25, -0.2) is 9.97 Å². The summed E-state index contributed by atoms with van der Waals surface area (Å²) in [7, 11) is -0.848. The van der Waals surface area contributed by atoms with E-state index < -0.39 is 7.80 Å². The number of hydrogen-bond acceptors (Lipinski definition) is 5. The largest absolute Gasteiger partial charge is 0.335 e. The third kappa shape index (κ3) is 9.49. The van der Waals surface area contributed by atoms with E-state index >= 15 is 0 Å². The van der Waals surface area contributed by atoms with Crippen molar-refractivity contribution in [2.45, 2.75) is 34.6 Å². The van der Waals surface area contributed by atoms with Gasteiger partial charge in [-0.2, -0.15) is 0 Å². The van der Waals surface area contributed by atoms with E-state index in [1.165, 1.54) is 0 Å². The standard InChI is InChI=1S/C19H18N4O.C3H8OP.C2H6/c1-13-8-9-16(22-18(24)15-6-4-3-5-7-15)12-17(13)23-19-20-11-10-14(2)21-19;1-3-5(2)4;1-2/h3-12H,1-2H3,(H,22,24)(H,20,21,23);3H2,1-2H3;1-2H3/q;+1;. The second kappa shape index (κ2) is 14.0. The quantitative estimate of drug-likeness (QED) is 0.439. The van der Waals surface area contributed by atoms with Gasteiger partial charge in [-0.15, -0.1) is 0 Å². The van der Waals surface area contributed by atoms with Gasteiger partial charge < -0.3 is 10.6 Å². The first-order valence-electron chi connectivity index (χ1n) is 10.3. The highest BCUT2D eigenvalue weighted by Crippen LogP contribution is 2.23. The molecule has 1 atom stereocenters. The lowest BCUT2D eigenvalue weighted by Gasteiger charge is -2.11. The van der Waals surface area contributed by atoms with Gasteiger partial charge in [0.15, 0.2) is 0 Å². The highest BCUT2D eigenvalue weighted by atomic mass is 31.1. The van der Waals surface area contributed by atoms with Crippen LogP contribution in [0.1, 0.15) is 42.4 Å². The second-order valence-corrected chi connectivity index (χ2v) is 8.33. The minimum absolute atomic E-state index is 0.141. The Kier molecular flexibility index (Phi) is 11.7. The van der Waals surface area contributed by atoms with Gasteiger partial charge in [-0.05, 0) is 56.7 Å². The molecule has 0 saturated carbocycles. The van der Waals surface area contributed by atoms with Crippen LogP contribution in [0.3, 0.4) is 0 Å². The summed E-state index contributed by atoms with van der Waals surface area (Å²) < 4.78 is 9.96. The van der Waals surface area contributed by atoms with Crippen LogP contribution in [0.25, 0.3) is 0 Å². The molecule has 3 rings (SSSR count). The molecule has 0 aliphatic rings. The number of rotatable bonds is 5. The summed E-state index contributed by atoms with van der Waals surface area (Å²) in [5.41, 5.74) is 4.11. The zero-order valence-corrected chi connectivity index (χ0v) is 20.0. The van der Waals surface area contributed by atoms with Crippen molar-refractivity contribution in [1.29, 1.82) is 0 Å². The number of hydrogen-bond donors (Lipinski definition) is 2. The molecule has 2 N–H and O–H groups in total. The molecular formula is C24H32N4O2P+. The molecule has 0 spiro atoms. The highest BCUT2D eigenvalue weighted by Gasteiger charge is 2.08. The first kappa shape index (κ1) is 25.9. The van der Waals surface area contributed by atoms with Crippen LogP contribution in [0.2, 0.25) is 0 Å². The van der Waals surface area contributed by atoms with E-state index in [9.17, 15) is 9.36 Å². The zero-order chi connectivity index (χ0) is 23.2. The predicted molar refractivity (Wildman–Crippen MR) is 131 cm³/mol. The molecule has 1 heterocycles. The Morgan fingerprint density at radius 2 is 1.68 bits per heavy atom. The fraction of sp³-hybridized carbons (Fsp3) is 0.292. The summed E-state index contributed by atoms with van der Waals surface area (Å²) in [6.07, 6.45) is 2.52. The lowest BCUT2D eigenvalue weighted by Crippen LogP contribution is -2.12. The predicted octanol–water partition coefficient (Wildman–Crippen LogP) is 6.58. The van der Waals surface area contributed by atoms with Crippen molar-refractivity contribution >= 4 is 31.0 Å². The van der Waals surface area contributed by atoms with E-state index in [0.717, 1.165) is 23.1 Å². The molecule has 1 aromatic heterocycles. The molecule has 3 aromatic rings. The lowest BCUT2D eigenvalue weighted by molar-refractivity contribution is 0.102. The number of nitrogens with one attached hydrogen (secondary N) is 2. The summed E-state index contributed by atoms with van der Waals surface area (Å²) in [6.45, 7) is 11.5. The molecule has 31 heavy (non-hydrogen) atoms. The fourth-order valence-electron chi connectivity index (χ4n) is 2.26. The molecule has 1 amide bonds. The summed E-state index contributed by atoms with van der Waals surface area (Å²) in [5, 5.41) is 6.10. The first-order chi connectivity index (χ1) is 14.9. The van der Waals surface area contributed by atoms with Crippen LogP contribution in [-0.2, 0) is 4.57 Å². The maximum atomic E-state index is 12.3. The number of carbonyl (C=O) groups excluding carboxylic acids is 1. The third-order valence-electron chi connectivity index (χ3n) is 4.02. The number of nitrogens with zero attached hydrogens (tertiary/aromatic N) is 2. The van der Waals surface area contributed by atoms with Gasteiger partial charge in [0.25, 0.3) is 5.91 Å². The Balaban J connectivity index is 0.000000605. The van der Waals surface area contributed by atoms with Crippen LogP contribution in [-0.4, -0.2) is 28.7 Å². The topological polar surface area (TPSA) is 84.0 Å². The lowest BCUT2D eigenvalue weighted by atomic mass is 10.1. The Morgan fingerprint density at radius 1 is 1.03 bits per heavy atom. The molecule has 0 bridgehead atoms. The number of aryl methyl sites for hydroxylation is 2. The number of amides is 1. The Morgan fingerprint density at radius 3 is 2.26 bits per heavy atom. The summed E-state index contributed by atoms with van der Waals surface area (Å²) >= 11 is 0. The average molecular weight is 440 g/mol. The maximum Gasteiger partial charge on any atom is 0.335 e. The molecule has 0 aliphatic heterocycles. The SMILES string of the molecule is CC.CC[P+](C)=O.Cc1ccnc(Nc2cc(NC(=O)c3ccccc3)ccc2C)n1. The van der Waals surface area contributed by atoms with Crippen molar-refractivity contribution in [1.82, 2.24) is 9.97 Å². The maximum absolute atomic E-state index is 12.3. The monoisotopic (exact) mass is 439 g/mol. The Labute approximate surface area is 186 Å². The van der Waals surface area contributed by atoms with E-state index in [-0.39, 0.29) is 5.91 Å². The van der Waals surface area contributed by atoms with Gasteiger partial charge in [0, 0.05) is 28.8 Å². The fourth-order valence-corrected chi connectivity index (χ4v) is 2.26. The van der Waals surface area contributed by atoms with Gasteiger partial charge in [-0.3, -0.25) is 4.79 Å². The molecule has 0 fully saturated rings. The molecule has 6 nitrogen and oxygen atoms in total. The second-order valence-electron chi connectivity index (χ2n) is 6.44. The summed E-state index contributed by atoms with van der Waals surface area (Å²) in [6, 6.07) is 16.7. The van der Waals surface area contributed by atoms with Crippen LogP contribution >= 0.6 is 7.80 Å². The molecule has 1 unspecified atom stereocenters. The van der Waals surface area contributed by atoms with E-state index in [0.29, 0.717) is 17.2 Å². The first-order valence-corrected chi connectivity index (χ1v) is 12.2. The van der Waals surface area contributed by atoms with Crippen molar-refractivity contribution < 1.29 is 9.36 Å². The average Bonchev–Trinajstić information content (AvgIpc) is 2.78. The van der Waals surface area contributed by atoms with Crippen LogP contribution in [0.4, 0.5) is 17.3 Å². The highest BCUT2D eigenvalue weighted by molar-refractivity contribution is 7.43. The van der Waals surface area contributed by atoms with Gasteiger partial charge >= 0.3 is 7.80 Å². The summed E-state index contributed by atoms with van der Waals surface area (Å²) in [4.78, 5) is 20.8. The summed E-state index contributed by atoms with van der Waals surface area (Å²) in [5.74, 6) is 0.391. The Bertz CT molecular complexity index is 978. The molecule has 7 heteroatoms. The zero-order valence-electron chi connectivity index (χ0n) is 19.1. The van der Waals surface area contributed by atoms with E-state index in [1.807, 2.05) is 77.1 Å². The minimum atomic E-state index is -0.848. The van der Waals surface area contributed by atoms with Gasteiger partial charge in [-0.1, -0.05) is 42.7 Å². The number of benzene rings is 2. The van der Waals surface area contributed by atoms with Crippen molar-refractivity contribution in [3.8, 4) is 0 Å². The molecule has 0 radical (unpaired) electrons. The van der Waals surface area contributed by atoms with Crippen LogP contribution < -0.4 is 10.6 Å². The van der Waals surface area contributed by atoms with Crippen molar-refractivity contribution in [3.63, 3.8) is 0 Å². The van der Waals surface area contributed by atoms with Gasteiger partial charge in [0.05, 0.1) is 0 Å². The van der Waals surface area contributed by atoms with Crippen molar-refractivity contribution in [2.24, 2.45) is 0 Å². The normalized spacial score (nSPS) is 9.94. The number of aromatic nitrogens is 2. The molecule has 164 valence electrons. The van der Waals surface area contributed by atoms with Gasteiger partial charge in [0.2, 0.25) is 5.95 Å². The van der Waals surface area contributed by atoms with Gasteiger partial charge in [0.1, 0.15) is 12.8 Å².